The number of aryl methyl sites for hydroxylation is 2. The van der Waals surface area contributed by atoms with Gasteiger partial charge in [0.15, 0.2) is 0 Å². The number of piperidine rings is 2. The number of hydrogen-bond acceptors (Lipinski definition) is 5. The highest BCUT2D eigenvalue weighted by molar-refractivity contribution is 6.00. The van der Waals surface area contributed by atoms with Gasteiger partial charge < -0.3 is 16.0 Å². The van der Waals surface area contributed by atoms with Crippen molar-refractivity contribution in [2.45, 2.75) is 65.0 Å². The number of nitrogens with one attached hydrogen (secondary N) is 4. The van der Waals surface area contributed by atoms with Gasteiger partial charge in [0.1, 0.15) is 6.29 Å². The molecule has 5 unspecified atom stereocenters. The van der Waals surface area contributed by atoms with Crippen LogP contribution in [0.2, 0.25) is 0 Å². The molecule has 3 amide bonds. The Morgan fingerprint density at radius 3 is 2.67 bits per heavy atom. The number of amides is 3. The lowest BCUT2D eigenvalue weighted by Gasteiger charge is -2.48. The first-order chi connectivity index (χ1) is 14.3. The van der Waals surface area contributed by atoms with Crippen molar-refractivity contribution in [1.82, 2.24) is 20.9 Å². The summed E-state index contributed by atoms with van der Waals surface area (Å²) >= 11 is 0. The number of carbonyl (C=O) groups is 3. The minimum Gasteiger partial charge on any atom is -0.340 e. The summed E-state index contributed by atoms with van der Waals surface area (Å²) in [6.45, 7) is 7.03. The number of fused-ring (bicyclic) bond motifs is 1. The summed E-state index contributed by atoms with van der Waals surface area (Å²) in [5.74, 6) is -2.08. The predicted octanol–water partition coefficient (Wildman–Crippen LogP) is 1.20. The Bertz CT molecular complexity index is 857. The van der Waals surface area contributed by atoms with Crippen LogP contribution >= 0.6 is 0 Å². The van der Waals surface area contributed by atoms with Gasteiger partial charge in [0.2, 0.25) is 17.7 Å². The average Bonchev–Trinajstić information content (AvgIpc) is 2.70. The number of carbonyl (C=O) groups excluding carboxylic acids is 3. The second-order valence-electron chi connectivity index (χ2n) is 8.83. The fraction of sp³-hybridized carbons (Fsp3) is 0.591. The normalized spacial score (nSPS) is 32.0. The van der Waals surface area contributed by atoms with Crippen LogP contribution in [0.15, 0.2) is 18.2 Å². The number of benzene rings is 1. The van der Waals surface area contributed by atoms with Crippen LogP contribution in [0.4, 0.5) is 5.69 Å². The molecule has 1 aromatic carbocycles. The zero-order valence-electron chi connectivity index (χ0n) is 17.8. The lowest BCUT2D eigenvalue weighted by molar-refractivity contribution is -0.148. The van der Waals surface area contributed by atoms with Gasteiger partial charge in [0.25, 0.3) is 0 Å². The Kier molecular flexibility index (Phi) is 5.79. The van der Waals surface area contributed by atoms with Crippen LogP contribution in [0, 0.1) is 25.7 Å². The molecule has 0 radical (unpaired) electrons. The van der Waals surface area contributed by atoms with E-state index in [0.29, 0.717) is 11.7 Å². The average molecular weight is 414 g/mol. The highest BCUT2D eigenvalue weighted by Gasteiger charge is 2.49. The molecule has 3 aliphatic rings. The molecular weight excluding hydrogens is 382 g/mol. The van der Waals surface area contributed by atoms with Gasteiger partial charge in [-0.25, -0.2) is 0 Å². The monoisotopic (exact) mass is 413 g/mol. The van der Waals surface area contributed by atoms with Crippen LogP contribution in [-0.4, -0.2) is 47.7 Å². The predicted molar refractivity (Wildman–Crippen MR) is 113 cm³/mol. The molecule has 30 heavy (non-hydrogen) atoms. The first kappa shape index (κ1) is 20.8. The van der Waals surface area contributed by atoms with Gasteiger partial charge in [-0.1, -0.05) is 12.5 Å². The fourth-order valence-electron chi connectivity index (χ4n) is 4.80. The van der Waals surface area contributed by atoms with E-state index in [1.54, 1.807) is 0 Å². The van der Waals surface area contributed by atoms with Crippen LogP contribution in [0.25, 0.3) is 0 Å². The topological polar surface area (TPSA) is 103 Å². The molecular formula is C22H31N5O3. The van der Waals surface area contributed by atoms with Crippen LogP contribution in [0.3, 0.4) is 0 Å². The molecule has 0 aliphatic carbocycles. The van der Waals surface area contributed by atoms with Gasteiger partial charge in [0, 0.05) is 24.7 Å². The number of anilines is 1. The molecule has 3 saturated heterocycles. The summed E-state index contributed by atoms with van der Waals surface area (Å²) in [5.41, 5.74) is 2.89. The van der Waals surface area contributed by atoms with Crippen molar-refractivity contribution >= 4 is 23.4 Å². The van der Waals surface area contributed by atoms with E-state index < -0.39 is 18.0 Å². The SMILES string of the molecule is Cc1ccc(NC(=O)C2CC(=O)NC3NC(N4CCCCC4C)NC(=O)C32)cc1C. The van der Waals surface area contributed by atoms with Gasteiger partial charge in [-0.2, -0.15) is 0 Å². The molecule has 0 saturated carbocycles. The first-order valence-corrected chi connectivity index (χ1v) is 10.8. The Morgan fingerprint density at radius 1 is 1.13 bits per heavy atom. The summed E-state index contributed by atoms with van der Waals surface area (Å²) < 4.78 is 0. The van der Waals surface area contributed by atoms with E-state index in [4.69, 9.17) is 0 Å². The maximum atomic E-state index is 13.1. The zero-order chi connectivity index (χ0) is 21.4. The molecule has 3 heterocycles. The quantitative estimate of drug-likeness (QED) is 0.596. The molecule has 0 bridgehead atoms. The molecule has 4 N–H and O–H groups in total. The molecule has 0 aromatic heterocycles. The Morgan fingerprint density at radius 2 is 1.93 bits per heavy atom. The third-order valence-electron chi connectivity index (χ3n) is 6.73. The van der Waals surface area contributed by atoms with Crippen molar-refractivity contribution in [1.29, 1.82) is 0 Å². The van der Waals surface area contributed by atoms with E-state index in [-0.39, 0.29) is 30.4 Å². The van der Waals surface area contributed by atoms with Gasteiger partial charge in [0.05, 0.1) is 18.0 Å². The van der Waals surface area contributed by atoms with E-state index in [0.717, 1.165) is 30.5 Å². The van der Waals surface area contributed by atoms with Crippen molar-refractivity contribution in [2.24, 2.45) is 11.8 Å². The van der Waals surface area contributed by atoms with E-state index in [1.807, 2.05) is 32.0 Å². The van der Waals surface area contributed by atoms with E-state index >= 15 is 0 Å². The van der Waals surface area contributed by atoms with Crippen LogP contribution in [0.5, 0.6) is 0 Å². The largest absolute Gasteiger partial charge is 0.340 e. The highest BCUT2D eigenvalue weighted by Crippen LogP contribution is 2.29. The lowest BCUT2D eigenvalue weighted by atomic mass is 9.81. The molecule has 0 spiro atoms. The number of likely N-dealkylation sites (tertiary alicyclic amines) is 1. The molecule has 162 valence electrons. The Labute approximate surface area is 177 Å². The van der Waals surface area contributed by atoms with Gasteiger partial charge in [-0.05, 0) is 56.9 Å². The summed E-state index contributed by atoms with van der Waals surface area (Å²) in [6.07, 6.45) is 2.44. The standard InChI is InChI=1S/C22H31N5O3/c1-12-7-8-15(10-13(12)2)23-20(29)16-11-17(28)24-19-18(16)21(30)26-22(25-19)27-9-5-4-6-14(27)3/h7-8,10,14,16,18-19,22,25H,4-6,9,11H2,1-3H3,(H,23,29)(H,24,28)(H,26,30). The number of hydrogen-bond donors (Lipinski definition) is 4. The number of rotatable bonds is 3. The Hall–Kier alpha value is -2.45. The van der Waals surface area contributed by atoms with Crippen LogP contribution < -0.4 is 21.3 Å². The number of nitrogens with zero attached hydrogens (tertiary/aromatic N) is 1. The van der Waals surface area contributed by atoms with E-state index in [1.165, 1.54) is 6.42 Å². The molecule has 8 nitrogen and oxygen atoms in total. The third-order valence-corrected chi connectivity index (χ3v) is 6.73. The summed E-state index contributed by atoms with van der Waals surface area (Å²) in [5, 5.41) is 12.2. The Balaban J connectivity index is 1.50. The van der Waals surface area contributed by atoms with Crippen molar-refractivity contribution in [3.8, 4) is 0 Å². The molecule has 1 aromatic rings. The minimum absolute atomic E-state index is 0.00225. The first-order valence-electron chi connectivity index (χ1n) is 10.8. The highest BCUT2D eigenvalue weighted by atomic mass is 16.2. The van der Waals surface area contributed by atoms with Crippen molar-refractivity contribution in [2.75, 3.05) is 11.9 Å². The molecule has 4 rings (SSSR count). The van der Waals surface area contributed by atoms with Crippen molar-refractivity contribution in [3.05, 3.63) is 29.3 Å². The fourth-order valence-corrected chi connectivity index (χ4v) is 4.80. The van der Waals surface area contributed by atoms with Gasteiger partial charge in [-0.3, -0.25) is 24.6 Å². The lowest BCUT2D eigenvalue weighted by Crippen LogP contribution is -2.75. The maximum absolute atomic E-state index is 13.1. The van der Waals surface area contributed by atoms with Gasteiger partial charge in [-0.15, -0.1) is 0 Å². The van der Waals surface area contributed by atoms with E-state index in [2.05, 4.69) is 33.1 Å². The molecule has 3 fully saturated rings. The summed E-state index contributed by atoms with van der Waals surface area (Å²) in [6, 6.07) is 6.03. The molecule has 8 heteroatoms. The van der Waals surface area contributed by atoms with Crippen molar-refractivity contribution in [3.63, 3.8) is 0 Å². The second-order valence-corrected chi connectivity index (χ2v) is 8.83. The second kappa shape index (κ2) is 8.35. The van der Waals surface area contributed by atoms with Gasteiger partial charge >= 0.3 is 0 Å². The summed E-state index contributed by atoms with van der Waals surface area (Å²) in [4.78, 5) is 40.7. The van der Waals surface area contributed by atoms with E-state index in [9.17, 15) is 14.4 Å². The minimum atomic E-state index is -0.724. The smallest absolute Gasteiger partial charge is 0.229 e. The maximum Gasteiger partial charge on any atom is 0.229 e. The van der Waals surface area contributed by atoms with Crippen LogP contribution in [0.1, 0.15) is 43.7 Å². The molecule has 3 aliphatic heterocycles. The van der Waals surface area contributed by atoms with Crippen molar-refractivity contribution < 1.29 is 14.4 Å². The summed E-state index contributed by atoms with van der Waals surface area (Å²) in [7, 11) is 0. The zero-order valence-corrected chi connectivity index (χ0v) is 17.8. The van der Waals surface area contributed by atoms with Crippen LogP contribution in [-0.2, 0) is 14.4 Å². The molecule has 5 atom stereocenters. The third kappa shape index (κ3) is 4.06.